The van der Waals surface area contributed by atoms with Crippen molar-refractivity contribution in [2.24, 2.45) is 5.73 Å². The Kier molecular flexibility index (Phi) is 4.71. The lowest BCUT2D eigenvalue weighted by Gasteiger charge is -2.14. The normalized spacial score (nSPS) is 11.5. The molecular formula is C11H12ClN3O4. The van der Waals surface area contributed by atoms with Crippen molar-refractivity contribution in [3.63, 3.8) is 0 Å². The van der Waals surface area contributed by atoms with Crippen LogP contribution in [0.25, 0.3) is 0 Å². The number of carbonyl (C=O) groups is 3. The Hall–Kier alpha value is -2.28. The van der Waals surface area contributed by atoms with Crippen LogP contribution in [-0.4, -0.2) is 29.1 Å². The molecule has 3 amide bonds. The Bertz CT molecular complexity index is 533. The van der Waals surface area contributed by atoms with Gasteiger partial charge in [-0.3, -0.25) is 4.79 Å². The number of carboxylic acids is 1. The molecule has 7 nitrogen and oxygen atoms in total. The van der Waals surface area contributed by atoms with Crippen LogP contribution in [0.5, 0.6) is 0 Å². The zero-order valence-electron chi connectivity index (χ0n) is 9.94. The highest BCUT2D eigenvalue weighted by Crippen LogP contribution is 2.20. The van der Waals surface area contributed by atoms with Crippen molar-refractivity contribution in [2.75, 3.05) is 5.32 Å². The van der Waals surface area contributed by atoms with Gasteiger partial charge in [0.25, 0.3) is 0 Å². The molecule has 8 heteroatoms. The van der Waals surface area contributed by atoms with Gasteiger partial charge in [-0.05, 0) is 25.1 Å². The first-order valence-corrected chi connectivity index (χ1v) is 5.58. The van der Waals surface area contributed by atoms with Crippen molar-refractivity contribution in [2.45, 2.75) is 13.0 Å². The van der Waals surface area contributed by atoms with Crippen LogP contribution in [0.1, 0.15) is 17.3 Å². The summed E-state index contributed by atoms with van der Waals surface area (Å²) in [4.78, 5) is 33.3. The van der Waals surface area contributed by atoms with Crippen molar-refractivity contribution in [3.8, 4) is 0 Å². The average molecular weight is 286 g/mol. The van der Waals surface area contributed by atoms with E-state index in [4.69, 9.17) is 22.4 Å². The number of hydrogen-bond donors (Lipinski definition) is 4. The summed E-state index contributed by atoms with van der Waals surface area (Å²) in [5, 5.41) is 13.8. The first-order valence-electron chi connectivity index (χ1n) is 5.21. The summed E-state index contributed by atoms with van der Waals surface area (Å²) >= 11 is 5.68. The van der Waals surface area contributed by atoms with Gasteiger partial charge in [0.2, 0.25) is 5.91 Å². The Labute approximate surface area is 113 Å². The summed E-state index contributed by atoms with van der Waals surface area (Å²) in [5.41, 5.74) is 4.82. The monoisotopic (exact) mass is 285 g/mol. The number of urea groups is 1. The molecule has 0 aromatic heterocycles. The number of nitrogens with one attached hydrogen (secondary N) is 2. The highest BCUT2D eigenvalue weighted by molar-refractivity contribution is 6.31. The number of primary amides is 1. The number of hydrogen-bond acceptors (Lipinski definition) is 3. The maximum atomic E-state index is 11.7. The predicted octanol–water partition coefficient (Wildman–Crippen LogP) is 1.03. The standard InChI is InChI=1S/C11H12ClN3O4/c1-5(14-11(13)19)9(16)15-8-3-2-6(12)4-7(8)10(17)18/h2-5H,1H3,(H,15,16)(H,17,18)(H3,13,14,19). The van der Waals surface area contributed by atoms with Gasteiger partial charge >= 0.3 is 12.0 Å². The molecule has 1 unspecified atom stereocenters. The molecule has 1 aromatic carbocycles. The molecule has 0 heterocycles. The van der Waals surface area contributed by atoms with E-state index in [-0.39, 0.29) is 16.3 Å². The van der Waals surface area contributed by atoms with E-state index in [2.05, 4.69) is 10.6 Å². The van der Waals surface area contributed by atoms with Crippen molar-refractivity contribution in [3.05, 3.63) is 28.8 Å². The van der Waals surface area contributed by atoms with Crippen LogP contribution in [0, 0.1) is 0 Å². The summed E-state index contributed by atoms with van der Waals surface area (Å²) in [6.07, 6.45) is 0. The van der Waals surface area contributed by atoms with E-state index in [9.17, 15) is 14.4 Å². The molecule has 0 saturated carbocycles. The van der Waals surface area contributed by atoms with Gasteiger partial charge in [-0.1, -0.05) is 11.6 Å². The highest BCUT2D eigenvalue weighted by atomic mass is 35.5. The largest absolute Gasteiger partial charge is 0.478 e. The molecule has 1 aromatic rings. The molecule has 0 spiro atoms. The number of carbonyl (C=O) groups excluding carboxylic acids is 2. The molecular weight excluding hydrogens is 274 g/mol. The topological polar surface area (TPSA) is 122 Å². The van der Waals surface area contributed by atoms with Crippen LogP contribution in [0.3, 0.4) is 0 Å². The van der Waals surface area contributed by atoms with E-state index in [1.165, 1.54) is 25.1 Å². The maximum absolute atomic E-state index is 11.7. The van der Waals surface area contributed by atoms with Crippen LogP contribution in [0.2, 0.25) is 5.02 Å². The average Bonchev–Trinajstić information content (AvgIpc) is 2.30. The second-order valence-corrected chi connectivity index (χ2v) is 4.15. The van der Waals surface area contributed by atoms with E-state index in [1.54, 1.807) is 0 Å². The second-order valence-electron chi connectivity index (χ2n) is 3.71. The quantitative estimate of drug-likeness (QED) is 0.660. The molecule has 0 saturated heterocycles. The summed E-state index contributed by atoms with van der Waals surface area (Å²) < 4.78 is 0. The predicted molar refractivity (Wildman–Crippen MR) is 69.2 cm³/mol. The van der Waals surface area contributed by atoms with Crippen LogP contribution in [-0.2, 0) is 4.79 Å². The fourth-order valence-corrected chi connectivity index (χ4v) is 1.49. The third-order valence-electron chi connectivity index (χ3n) is 2.22. The zero-order valence-corrected chi connectivity index (χ0v) is 10.7. The van der Waals surface area contributed by atoms with E-state index >= 15 is 0 Å². The van der Waals surface area contributed by atoms with Crippen molar-refractivity contribution in [1.82, 2.24) is 5.32 Å². The SMILES string of the molecule is CC(NC(N)=O)C(=O)Nc1ccc(Cl)cc1C(=O)O. The fourth-order valence-electron chi connectivity index (χ4n) is 1.32. The summed E-state index contributed by atoms with van der Waals surface area (Å²) in [5.74, 6) is -1.82. The molecule has 5 N–H and O–H groups in total. The van der Waals surface area contributed by atoms with Crippen molar-refractivity contribution >= 4 is 35.2 Å². The number of aromatic carboxylic acids is 1. The molecule has 0 radical (unpaired) electrons. The number of halogens is 1. The molecule has 0 aliphatic rings. The Morgan fingerprint density at radius 3 is 2.53 bits per heavy atom. The zero-order chi connectivity index (χ0) is 14.6. The summed E-state index contributed by atoms with van der Waals surface area (Å²) in [7, 11) is 0. The minimum Gasteiger partial charge on any atom is -0.478 e. The highest BCUT2D eigenvalue weighted by Gasteiger charge is 2.17. The molecule has 1 rings (SSSR count). The second kappa shape index (κ2) is 6.05. The van der Waals surface area contributed by atoms with Crippen LogP contribution >= 0.6 is 11.6 Å². The minimum atomic E-state index is -1.23. The van der Waals surface area contributed by atoms with Gasteiger partial charge in [0, 0.05) is 5.02 Å². The van der Waals surface area contributed by atoms with E-state index in [0.29, 0.717) is 0 Å². The van der Waals surface area contributed by atoms with Crippen LogP contribution < -0.4 is 16.4 Å². The van der Waals surface area contributed by atoms with Crippen LogP contribution in [0.4, 0.5) is 10.5 Å². The molecule has 19 heavy (non-hydrogen) atoms. The first-order chi connectivity index (χ1) is 8.81. The smallest absolute Gasteiger partial charge is 0.337 e. The third kappa shape index (κ3) is 4.14. The molecule has 0 fully saturated rings. The number of anilines is 1. The molecule has 0 bridgehead atoms. The summed E-state index contributed by atoms with van der Waals surface area (Å²) in [6, 6.07) is 2.27. The lowest BCUT2D eigenvalue weighted by Crippen LogP contribution is -2.44. The van der Waals surface area contributed by atoms with Crippen molar-refractivity contribution in [1.29, 1.82) is 0 Å². The Morgan fingerprint density at radius 2 is 2.00 bits per heavy atom. The van der Waals surface area contributed by atoms with Gasteiger partial charge in [-0.25, -0.2) is 9.59 Å². The molecule has 1 atom stereocenters. The van der Waals surface area contributed by atoms with Crippen LogP contribution in [0.15, 0.2) is 18.2 Å². The van der Waals surface area contributed by atoms with E-state index in [0.717, 1.165) is 0 Å². The maximum Gasteiger partial charge on any atom is 0.337 e. The van der Waals surface area contributed by atoms with Gasteiger partial charge in [0.05, 0.1) is 11.3 Å². The van der Waals surface area contributed by atoms with Gasteiger partial charge in [-0.15, -0.1) is 0 Å². The van der Waals surface area contributed by atoms with E-state index in [1.807, 2.05) is 0 Å². The number of amides is 3. The molecule has 0 aliphatic heterocycles. The van der Waals surface area contributed by atoms with Crippen molar-refractivity contribution < 1.29 is 19.5 Å². The summed E-state index contributed by atoms with van der Waals surface area (Å²) in [6.45, 7) is 1.41. The number of nitrogens with two attached hydrogens (primary N) is 1. The number of rotatable bonds is 4. The Balaban J connectivity index is 2.90. The third-order valence-corrected chi connectivity index (χ3v) is 2.46. The molecule has 0 aliphatic carbocycles. The molecule has 102 valence electrons. The first kappa shape index (κ1) is 14.8. The number of carboxylic acid groups (broad SMARTS) is 1. The van der Waals surface area contributed by atoms with Gasteiger partial charge < -0.3 is 21.5 Å². The Morgan fingerprint density at radius 1 is 1.37 bits per heavy atom. The minimum absolute atomic E-state index is 0.0834. The van der Waals surface area contributed by atoms with Gasteiger partial charge in [-0.2, -0.15) is 0 Å². The lowest BCUT2D eigenvalue weighted by molar-refractivity contribution is -0.117. The fraction of sp³-hybridized carbons (Fsp3) is 0.182. The number of benzene rings is 1. The van der Waals surface area contributed by atoms with Gasteiger partial charge in [0.1, 0.15) is 6.04 Å². The van der Waals surface area contributed by atoms with Gasteiger partial charge in [0.15, 0.2) is 0 Å². The van der Waals surface area contributed by atoms with E-state index < -0.39 is 23.9 Å². The lowest BCUT2D eigenvalue weighted by atomic mass is 10.1.